The maximum Gasteiger partial charge on any atom is 0.257 e. The first kappa shape index (κ1) is 18.5. The molecule has 0 atom stereocenters. The lowest BCUT2D eigenvalue weighted by molar-refractivity contribution is -0.123. The highest BCUT2D eigenvalue weighted by Gasteiger charge is 2.05. The molecule has 0 saturated heterocycles. The first-order valence-corrected chi connectivity index (χ1v) is 8.73. The molecule has 1 aromatic heterocycles. The topological polar surface area (TPSA) is 60.3 Å². The van der Waals surface area contributed by atoms with E-state index in [4.69, 9.17) is 16.3 Å². The fourth-order valence-electron chi connectivity index (χ4n) is 2.07. The van der Waals surface area contributed by atoms with Crippen LogP contribution in [0.2, 0.25) is 5.02 Å². The summed E-state index contributed by atoms with van der Waals surface area (Å²) in [6.45, 7) is 1.08. The summed E-state index contributed by atoms with van der Waals surface area (Å²) >= 11 is 9.29. The molecule has 1 N–H and O–H groups in total. The molecule has 24 heavy (non-hydrogen) atoms. The third-order valence-electron chi connectivity index (χ3n) is 3.29. The van der Waals surface area contributed by atoms with Crippen molar-refractivity contribution in [3.63, 3.8) is 0 Å². The van der Waals surface area contributed by atoms with Crippen molar-refractivity contribution in [2.24, 2.45) is 0 Å². The van der Waals surface area contributed by atoms with Crippen LogP contribution in [0.5, 0.6) is 5.75 Å². The number of nitrogens with one attached hydrogen (secondary N) is 1. The van der Waals surface area contributed by atoms with Crippen LogP contribution < -0.4 is 15.6 Å². The molecule has 0 saturated carbocycles. The molecular weight excluding hydrogens is 396 g/mol. The van der Waals surface area contributed by atoms with Crippen molar-refractivity contribution in [3.8, 4) is 5.75 Å². The van der Waals surface area contributed by atoms with Crippen molar-refractivity contribution < 1.29 is 9.53 Å². The maximum absolute atomic E-state index is 11.7. The van der Waals surface area contributed by atoms with Gasteiger partial charge in [0, 0.05) is 29.8 Å². The second-order valence-electron chi connectivity index (χ2n) is 5.16. The van der Waals surface area contributed by atoms with Gasteiger partial charge in [0.05, 0.1) is 5.02 Å². The zero-order valence-electron chi connectivity index (χ0n) is 13.0. The standard InChI is InChI=1S/C17H18BrClN2O3/c18-13-7-8-17(23)21(11-13)10-4-3-9-20-16(22)12-24-15-6-2-1-5-14(15)19/h1-2,5-8,11H,3-4,9-10,12H2,(H,20,22). The van der Waals surface area contributed by atoms with Crippen molar-refractivity contribution in [1.82, 2.24) is 9.88 Å². The second-order valence-corrected chi connectivity index (χ2v) is 6.48. The SMILES string of the molecule is O=C(COc1ccccc1Cl)NCCCCn1cc(Br)ccc1=O. The summed E-state index contributed by atoms with van der Waals surface area (Å²) in [5, 5.41) is 3.26. The first-order valence-electron chi connectivity index (χ1n) is 7.56. The lowest BCUT2D eigenvalue weighted by Gasteiger charge is -2.09. The first-order chi connectivity index (χ1) is 11.6. The van der Waals surface area contributed by atoms with Gasteiger partial charge in [0.15, 0.2) is 6.61 Å². The highest BCUT2D eigenvalue weighted by molar-refractivity contribution is 9.10. The quantitative estimate of drug-likeness (QED) is 0.676. The van der Waals surface area contributed by atoms with Crippen molar-refractivity contribution in [1.29, 1.82) is 0 Å². The monoisotopic (exact) mass is 412 g/mol. The van der Waals surface area contributed by atoms with Gasteiger partial charge in [-0.1, -0.05) is 23.7 Å². The number of aromatic nitrogens is 1. The Morgan fingerprint density at radius 2 is 2.00 bits per heavy atom. The number of para-hydroxylation sites is 1. The number of benzene rings is 1. The number of rotatable bonds is 8. The third-order valence-corrected chi connectivity index (χ3v) is 4.07. The molecule has 0 bridgehead atoms. The number of halogens is 2. The molecule has 1 heterocycles. The zero-order chi connectivity index (χ0) is 17.4. The number of hydrogen-bond donors (Lipinski definition) is 1. The molecule has 2 aromatic rings. The van der Waals surface area contributed by atoms with E-state index < -0.39 is 0 Å². The van der Waals surface area contributed by atoms with Gasteiger partial charge in [-0.15, -0.1) is 0 Å². The van der Waals surface area contributed by atoms with Crippen molar-refractivity contribution in [2.45, 2.75) is 19.4 Å². The molecule has 0 spiro atoms. The van der Waals surface area contributed by atoms with E-state index in [0.29, 0.717) is 23.9 Å². The summed E-state index contributed by atoms with van der Waals surface area (Å²) in [6.07, 6.45) is 3.33. The Hall–Kier alpha value is -1.79. The van der Waals surface area contributed by atoms with Crippen LogP contribution in [0.1, 0.15) is 12.8 Å². The van der Waals surface area contributed by atoms with Crippen molar-refractivity contribution in [3.05, 3.63) is 62.4 Å². The highest BCUT2D eigenvalue weighted by atomic mass is 79.9. The summed E-state index contributed by atoms with van der Waals surface area (Å²) in [6, 6.07) is 10.3. The van der Waals surface area contributed by atoms with E-state index in [9.17, 15) is 9.59 Å². The van der Waals surface area contributed by atoms with Crippen molar-refractivity contribution in [2.75, 3.05) is 13.2 Å². The summed E-state index contributed by atoms with van der Waals surface area (Å²) in [4.78, 5) is 23.4. The zero-order valence-corrected chi connectivity index (χ0v) is 15.3. The van der Waals surface area contributed by atoms with Crippen LogP contribution in [0.4, 0.5) is 0 Å². The number of amides is 1. The molecule has 2 rings (SSSR count). The van der Waals surface area contributed by atoms with Gasteiger partial charge in [-0.3, -0.25) is 9.59 Å². The molecule has 5 nitrogen and oxygen atoms in total. The van der Waals surface area contributed by atoms with E-state index in [1.165, 1.54) is 6.07 Å². The van der Waals surface area contributed by atoms with Gasteiger partial charge in [0.2, 0.25) is 0 Å². The lowest BCUT2D eigenvalue weighted by atomic mass is 10.3. The van der Waals surface area contributed by atoms with E-state index in [1.54, 1.807) is 41.1 Å². The number of ether oxygens (including phenoxy) is 1. The molecular formula is C17H18BrClN2O3. The molecule has 1 amide bonds. The third kappa shape index (κ3) is 6.02. The smallest absolute Gasteiger partial charge is 0.257 e. The van der Waals surface area contributed by atoms with Crippen LogP contribution in [0.15, 0.2) is 51.9 Å². The summed E-state index contributed by atoms with van der Waals surface area (Å²) < 4.78 is 7.87. The number of carbonyl (C=O) groups is 1. The second kappa shape index (κ2) is 9.49. The van der Waals surface area contributed by atoms with Crippen LogP contribution in [-0.4, -0.2) is 23.6 Å². The Kier molecular flexibility index (Phi) is 7.34. The Balaban J connectivity index is 1.63. The molecule has 0 aliphatic rings. The summed E-state index contributed by atoms with van der Waals surface area (Å²) in [7, 11) is 0. The minimum atomic E-state index is -0.199. The lowest BCUT2D eigenvalue weighted by Crippen LogP contribution is -2.30. The fraction of sp³-hybridized carbons (Fsp3) is 0.294. The Morgan fingerprint density at radius 1 is 1.21 bits per heavy atom. The van der Waals surface area contributed by atoms with Gasteiger partial charge >= 0.3 is 0 Å². The van der Waals surface area contributed by atoms with Gasteiger partial charge in [-0.2, -0.15) is 0 Å². The largest absolute Gasteiger partial charge is 0.482 e. The highest BCUT2D eigenvalue weighted by Crippen LogP contribution is 2.22. The average molecular weight is 414 g/mol. The molecule has 7 heteroatoms. The number of carbonyl (C=O) groups excluding carboxylic acids is 1. The van der Waals surface area contributed by atoms with Crippen molar-refractivity contribution >= 4 is 33.4 Å². The molecule has 128 valence electrons. The molecule has 0 fully saturated rings. The minimum absolute atomic E-state index is 0.0321. The van der Waals surface area contributed by atoms with E-state index in [-0.39, 0.29) is 18.1 Å². The van der Waals surface area contributed by atoms with Gasteiger partial charge in [0.25, 0.3) is 11.5 Å². The molecule has 0 unspecified atom stereocenters. The molecule has 0 aliphatic carbocycles. The number of nitrogens with zero attached hydrogens (tertiary/aromatic N) is 1. The van der Waals surface area contributed by atoms with E-state index in [0.717, 1.165) is 17.3 Å². The van der Waals surface area contributed by atoms with Crippen LogP contribution in [0, 0.1) is 0 Å². The van der Waals surface area contributed by atoms with Crippen LogP contribution >= 0.6 is 27.5 Å². The number of unbranched alkanes of at least 4 members (excludes halogenated alkanes) is 1. The van der Waals surface area contributed by atoms with Gasteiger partial charge in [-0.05, 0) is 47.0 Å². The van der Waals surface area contributed by atoms with E-state index in [1.807, 2.05) is 0 Å². The van der Waals surface area contributed by atoms with Gasteiger partial charge in [-0.25, -0.2) is 0 Å². The normalized spacial score (nSPS) is 10.4. The Morgan fingerprint density at radius 3 is 2.79 bits per heavy atom. The number of aryl methyl sites for hydroxylation is 1. The number of hydrogen-bond acceptors (Lipinski definition) is 3. The Labute approximate surface area is 153 Å². The summed E-state index contributed by atoms with van der Waals surface area (Å²) in [5.74, 6) is 0.290. The van der Waals surface area contributed by atoms with Crippen LogP contribution in [0.3, 0.4) is 0 Å². The fourth-order valence-corrected chi connectivity index (χ4v) is 2.64. The van der Waals surface area contributed by atoms with Crippen LogP contribution in [0.25, 0.3) is 0 Å². The van der Waals surface area contributed by atoms with E-state index >= 15 is 0 Å². The van der Waals surface area contributed by atoms with Gasteiger partial charge in [0.1, 0.15) is 5.75 Å². The summed E-state index contributed by atoms with van der Waals surface area (Å²) in [5.41, 5.74) is -0.0321. The Bertz CT molecular complexity index is 749. The maximum atomic E-state index is 11.7. The average Bonchev–Trinajstić information content (AvgIpc) is 2.57. The number of pyridine rings is 1. The predicted octanol–water partition coefficient (Wildman–Crippen LogP) is 3.24. The molecule has 0 aliphatic heterocycles. The predicted molar refractivity (Wildman–Crippen MR) is 97.6 cm³/mol. The van der Waals surface area contributed by atoms with Crippen LogP contribution in [-0.2, 0) is 11.3 Å². The minimum Gasteiger partial charge on any atom is -0.482 e. The molecule has 0 radical (unpaired) electrons. The van der Waals surface area contributed by atoms with Gasteiger partial charge < -0.3 is 14.6 Å². The molecule has 1 aromatic carbocycles. The van der Waals surface area contributed by atoms with E-state index in [2.05, 4.69) is 21.2 Å².